The van der Waals surface area contributed by atoms with Crippen LogP contribution in [0, 0.1) is 17.8 Å². The number of hydrogen-bond donors (Lipinski definition) is 3. The van der Waals surface area contributed by atoms with E-state index in [9.17, 15) is 10.2 Å². The van der Waals surface area contributed by atoms with Gasteiger partial charge in [0.1, 0.15) is 6.10 Å². The third-order valence-corrected chi connectivity index (χ3v) is 4.98. The van der Waals surface area contributed by atoms with Gasteiger partial charge in [-0.2, -0.15) is 0 Å². The van der Waals surface area contributed by atoms with Crippen molar-refractivity contribution in [2.45, 2.75) is 98.2 Å². The predicted octanol–water partition coefficient (Wildman–Crippen LogP) is 4.94. The van der Waals surface area contributed by atoms with Gasteiger partial charge in [-0.05, 0) is 43.4 Å². The molecule has 5 unspecified atom stereocenters. The molecule has 0 radical (unpaired) electrons. The largest absolute Gasteiger partial charge is 0.394 e. The SMILES string of the molecule is C=CCCCC(C)CCCC(C)C(C)CCC(O)C(O)CO.CC. The third-order valence-electron chi connectivity index (χ3n) is 4.98. The Bertz CT molecular complexity index is 268. The third kappa shape index (κ3) is 14.0. The van der Waals surface area contributed by atoms with Crippen molar-refractivity contribution < 1.29 is 15.3 Å². The first-order valence-electron chi connectivity index (χ1n) is 10.00. The minimum atomic E-state index is -1.00. The zero-order valence-corrected chi connectivity index (χ0v) is 16.9. The van der Waals surface area contributed by atoms with Gasteiger partial charge in [-0.3, -0.25) is 0 Å². The van der Waals surface area contributed by atoms with E-state index >= 15 is 0 Å². The van der Waals surface area contributed by atoms with Gasteiger partial charge in [-0.25, -0.2) is 0 Å². The standard InChI is InChI=1S/C19H38O3.C2H6/c1-5-6-7-9-15(2)10-8-11-16(3)17(4)12-13-18(21)19(22)14-20;1-2/h5,15-22H,1,6-14H2,2-4H3;1-2H3. The maximum atomic E-state index is 9.68. The quantitative estimate of drug-likeness (QED) is 0.309. The number of unbranched alkanes of at least 4 members (excludes halogenated alkanes) is 1. The molecule has 146 valence electrons. The highest BCUT2D eigenvalue weighted by Crippen LogP contribution is 2.25. The maximum Gasteiger partial charge on any atom is 0.103 e. The van der Waals surface area contributed by atoms with E-state index in [0.29, 0.717) is 18.3 Å². The second kappa shape index (κ2) is 17.4. The van der Waals surface area contributed by atoms with Crippen LogP contribution in [0.15, 0.2) is 12.7 Å². The molecule has 0 fully saturated rings. The summed E-state index contributed by atoms with van der Waals surface area (Å²) in [6.07, 6.45) is 9.11. The first-order valence-corrected chi connectivity index (χ1v) is 10.00. The molecule has 0 spiro atoms. The summed E-state index contributed by atoms with van der Waals surface area (Å²) in [6, 6.07) is 0. The van der Waals surface area contributed by atoms with E-state index in [1.807, 2.05) is 19.9 Å². The summed E-state index contributed by atoms with van der Waals surface area (Å²) in [5.74, 6) is 1.97. The van der Waals surface area contributed by atoms with E-state index in [0.717, 1.165) is 18.8 Å². The van der Waals surface area contributed by atoms with Crippen molar-refractivity contribution in [2.24, 2.45) is 17.8 Å². The predicted molar refractivity (Wildman–Crippen MR) is 105 cm³/mol. The number of aliphatic hydroxyl groups is 3. The van der Waals surface area contributed by atoms with Crippen molar-refractivity contribution >= 4 is 0 Å². The molecule has 5 atom stereocenters. The van der Waals surface area contributed by atoms with Crippen LogP contribution in [-0.4, -0.2) is 34.1 Å². The summed E-state index contributed by atoms with van der Waals surface area (Å²) in [5, 5.41) is 27.9. The van der Waals surface area contributed by atoms with Gasteiger partial charge in [0, 0.05) is 0 Å². The second-order valence-electron chi connectivity index (χ2n) is 7.10. The van der Waals surface area contributed by atoms with Gasteiger partial charge in [0.15, 0.2) is 0 Å². The first-order chi connectivity index (χ1) is 11.4. The van der Waals surface area contributed by atoms with E-state index in [1.54, 1.807) is 0 Å². The van der Waals surface area contributed by atoms with Crippen molar-refractivity contribution in [2.75, 3.05) is 6.61 Å². The fourth-order valence-electron chi connectivity index (χ4n) is 2.86. The highest BCUT2D eigenvalue weighted by atomic mass is 16.4. The molecule has 0 saturated carbocycles. The molecule has 0 amide bonds. The number of aliphatic hydroxyl groups excluding tert-OH is 3. The van der Waals surface area contributed by atoms with Gasteiger partial charge in [-0.1, -0.05) is 66.4 Å². The zero-order chi connectivity index (χ0) is 19.0. The molecule has 0 aliphatic rings. The maximum absolute atomic E-state index is 9.68. The molecule has 3 heteroatoms. The summed E-state index contributed by atoms with van der Waals surface area (Å²) >= 11 is 0. The molecular formula is C21H44O3. The number of allylic oxidation sites excluding steroid dienone is 1. The molecule has 3 nitrogen and oxygen atoms in total. The molecule has 0 rings (SSSR count). The molecule has 0 saturated heterocycles. The second-order valence-corrected chi connectivity index (χ2v) is 7.10. The van der Waals surface area contributed by atoms with E-state index in [-0.39, 0.29) is 6.61 Å². The van der Waals surface area contributed by atoms with Gasteiger partial charge in [0.05, 0.1) is 12.7 Å². The monoisotopic (exact) mass is 344 g/mol. The van der Waals surface area contributed by atoms with Crippen LogP contribution in [0.3, 0.4) is 0 Å². The van der Waals surface area contributed by atoms with Crippen LogP contribution >= 0.6 is 0 Å². The normalized spacial score (nSPS) is 17.2. The molecule has 0 aliphatic heterocycles. The minimum absolute atomic E-state index is 0.366. The van der Waals surface area contributed by atoms with Crippen molar-refractivity contribution in [3.8, 4) is 0 Å². The highest BCUT2D eigenvalue weighted by Gasteiger charge is 2.18. The van der Waals surface area contributed by atoms with Crippen LogP contribution in [0.25, 0.3) is 0 Å². The van der Waals surface area contributed by atoms with Crippen LogP contribution < -0.4 is 0 Å². The van der Waals surface area contributed by atoms with Gasteiger partial charge in [-0.15, -0.1) is 6.58 Å². The van der Waals surface area contributed by atoms with Crippen LogP contribution in [0.2, 0.25) is 0 Å². The van der Waals surface area contributed by atoms with Crippen molar-refractivity contribution in [1.29, 1.82) is 0 Å². The van der Waals surface area contributed by atoms with E-state index in [1.165, 1.54) is 32.1 Å². The van der Waals surface area contributed by atoms with E-state index < -0.39 is 12.2 Å². The molecule has 24 heavy (non-hydrogen) atoms. The smallest absolute Gasteiger partial charge is 0.103 e. The summed E-state index contributed by atoms with van der Waals surface area (Å²) in [7, 11) is 0. The lowest BCUT2D eigenvalue weighted by atomic mass is 9.85. The Kier molecular flexibility index (Phi) is 18.8. The Morgan fingerprint density at radius 1 is 0.792 bits per heavy atom. The highest BCUT2D eigenvalue weighted by molar-refractivity contribution is 4.71. The van der Waals surface area contributed by atoms with Gasteiger partial charge < -0.3 is 15.3 Å². The summed E-state index contributed by atoms with van der Waals surface area (Å²) in [6.45, 7) is 14.2. The van der Waals surface area contributed by atoms with Crippen LogP contribution in [0.5, 0.6) is 0 Å². The Morgan fingerprint density at radius 3 is 1.88 bits per heavy atom. The Morgan fingerprint density at radius 2 is 1.33 bits per heavy atom. The lowest BCUT2D eigenvalue weighted by Crippen LogP contribution is -2.29. The molecule has 0 bridgehead atoms. The van der Waals surface area contributed by atoms with Crippen molar-refractivity contribution in [1.82, 2.24) is 0 Å². The molecule has 0 aromatic carbocycles. The van der Waals surface area contributed by atoms with E-state index in [2.05, 4.69) is 27.4 Å². The minimum Gasteiger partial charge on any atom is -0.394 e. The van der Waals surface area contributed by atoms with Gasteiger partial charge in [0.25, 0.3) is 0 Å². The molecule has 0 aliphatic carbocycles. The van der Waals surface area contributed by atoms with Crippen LogP contribution in [0.4, 0.5) is 0 Å². The number of rotatable bonds is 14. The lowest BCUT2D eigenvalue weighted by molar-refractivity contribution is -0.0207. The number of hydrogen-bond acceptors (Lipinski definition) is 3. The topological polar surface area (TPSA) is 60.7 Å². The lowest BCUT2D eigenvalue weighted by Gasteiger charge is -2.23. The zero-order valence-electron chi connectivity index (χ0n) is 16.9. The van der Waals surface area contributed by atoms with Crippen LogP contribution in [-0.2, 0) is 0 Å². The Hall–Kier alpha value is -0.380. The fourth-order valence-corrected chi connectivity index (χ4v) is 2.86. The summed E-state index contributed by atoms with van der Waals surface area (Å²) in [5.41, 5.74) is 0. The molecule has 0 heterocycles. The average molecular weight is 345 g/mol. The molecular weight excluding hydrogens is 300 g/mol. The molecule has 0 aromatic heterocycles. The van der Waals surface area contributed by atoms with Gasteiger partial charge >= 0.3 is 0 Å². The summed E-state index contributed by atoms with van der Waals surface area (Å²) < 4.78 is 0. The van der Waals surface area contributed by atoms with Crippen LogP contribution in [0.1, 0.15) is 86.0 Å². The Balaban J connectivity index is 0. The molecule has 0 aromatic rings. The first kappa shape index (κ1) is 25.9. The Labute approximate surface area is 151 Å². The van der Waals surface area contributed by atoms with Crippen molar-refractivity contribution in [3.05, 3.63) is 12.7 Å². The molecule has 3 N–H and O–H groups in total. The van der Waals surface area contributed by atoms with Crippen molar-refractivity contribution in [3.63, 3.8) is 0 Å². The van der Waals surface area contributed by atoms with E-state index in [4.69, 9.17) is 5.11 Å². The summed E-state index contributed by atoms with van der Waals surface area (Å²) in [4.78, 5) is 0. The average Bonchev–Trinajstić information content (AvgIpc) is 2.60. The van der Waals surface area contributed by atoms with Gasteiger partial charge in [0.2, 0.25) is 0 Å². The fraction of sp³-hybridized carbons (Fsp3) is 0.905.